The van der Waals surface area contributed by atoms with Crippen LogP contribution in [0.3, 0.4) is 0 Å². The fourth-order valence-corrected chi connectivity index (χ4v) is 5.70. The van der Waals surface area contributed by atoms with Crippen molar-refractivity contribution in [2.24, 2.45) is 5.92 Å². The molecule has 0 saturated carbocycles. The number of thiazole rings is 1. The van der Waals surface area contributed by atoms with Gasteiger partial charge >= 0.3 is 0 Å². The number of aromatic nitrogens is 3. The summed E-state index contributed by atoms with van der Waals surface area (Å²) in [5.41, 5.74) is 1.15. The smallest absolute Gasteiger partial charge is 0.241 e. The summed E-state index contributed by atoms with van der Waals surface area (Å²) < 4.78 is 5.43. The van der Waals surface area contributed by atoms with Crippen molar-refractivity contribution in [1.29, 1.82) is 0 Å². The van der Waals surface area contributed by atoms with Crippen LogP contribution in [0.1, 0.15) is 29.4 Å². The van der Waals surface area contributed by atoms with Gasteiger partial charge in [-0.1, -0.05) is 11.2 Å². The molecule has 0 atom stereocenters. The van der Waals surface area contributed by atoms with Gasteiger partial charge in [0.2, 0.25) is 17.6 Å². The van der Waals surface area contributed by atoms with Crippen LogP contribution >= 0.6 is 22.7 Å². The number of hydrogen-bond donors (Lipinski definition) is 0. The molecule has 3 aromatic heterocycles. The van der Waals surface area contributed by atoms with E-state index in [1.807, 2.05) is 29.3 Å². The second-order valence-electron chi connectivity index (χ2n) is 8.50. The molecule has 0 N–H and O–H groups in total. The van der Waals surface area contributed by atoms with Crippen molar-refractivity contribution >= 4 is 28.6 Å². The maximum Gasteiger partial charge on any atom is 0.241 e. The van der Waals surface area contributed by atoms with Gasteiger partial charge in [0, 0.05) is 44.0 Å². The normalized spacial score (nSPS) is 19.0. The maximum atomic E-state index is 13.1. The van der Waals surface area contributed by atoms with Gasteiger partial charge in [0.1, 0.15) is 0 Å². The SMILES string of the molecule is Cc1nc(CN2CCC(C(=O)N3CCN(Cc4nc(-c5cccs5)no4)CC3)CC2)cs1. The Labute approximate surface area is 195 Å². The van der Waals surface area contributed by atoms with E-state index in [2.05, 4.69) is 30.3 Å². The van der Waals surface area contributed by atoms with Crippen LogP contribution in [0.2, 0.25) is 0 Å². The molecular formula is C22H28N6O2S2. The van der Waals surface area contributed by atoms with Crippen LogP contribution < -0.4 is 0 Å². The fraction of sp³-hybridized carbons (Fsp3) is 0.545. The third-order valence-corrected chi connectivity index (χ3v) is 7.93. The quantitative estimate of drug-likeness (QED) is 0.545. The van der Waals surface area contributed by atoms with E-state index in [1.54, 1.807) is 22.7 Å². The third-order valence-electron chi connectivity index (χ3n) is 6.24. The Morgan fingerprint density at radius 3 is 2.53 bits per heavy atom. The van der Waals surface area contributed by atoms with Crippen molar-refractivity contribution in [2.45, 2.75) is 32.9 Å². The van der Waals surface area contributed by atoms with Gasteiger partial charge in [0.15, 0.2) is 0 Å². The molecule has 5 rings (SSSR count). The van der Waals surface area contributed by atoms with Crippen molar-refractivity contribution in [3.8, 4) is 10.7 Å². The van der Waals surface area contributed by atoms with Crippen molar-refractivity contribution in [3.63, 3.8) is 0 Å². The van der Waals surface area contributed by atoms with Gasteiger partial charge in [-0.15, -0.1) is 22.7 Å². The summed E-state index contributed by atoms with van der Waals surface area (Å²) in [7, 11) is 0. The van der Waals surface area contributed by atoms with E-state index in [9.17, 15) is 4.79 Å². The van der Waals surface area contributed by atoms with Crippen LogP contribution in [0, 0.1) is 12.8 Å². The van der Waals surface area contributed by atoms with Crippen LogP contribution in [0.15, 0.2) is 27.4 Å². The first-order valence-corrected chi connectivity index (χ1v) is 12.9. The summed E-state index contributed by atoms with van der Waals surface area (Å²) in [5.74, 6) is 1.77. The lowest BCUT2D eigenvalue weighted by molar-refractivity contribution is -0.139. The molecule has 2 saturated heterocycles. The van der Waals surface area contributed by atoms with Gasteiger partial charge in [0.25, 0.3) is 0 Å². The van der Waals surface area contributed by atoms with Crippen molar-refractivity contribution < 1.29 is 9.32 Å². The molecule has 3 aromatic rings. The summed E-state index contributed by atoms with van der Waals surface area (Å²) in [4.78, 5) is 29.9. The van der Waals surface area contributed by atoms with Crippen molar-refractivity contribution in [1.82, 2.24) is 29.8 Å². The topological polar surface area (TPSA) is 78.6 Å². The maximum absolute atomic E-state index is 13.1. The van der Waals surface area contributed by atoms with Crippen LogP contribution in [0.25, 0.3) is 10.7 Å². The van der Waals surface area contributed by atoms with Crippen LogP contribution in [0.5, 0.6) is 0 Å². The molecular weight excluding hydrogens is 444 g/mol. The molecule has 0 bridgehead atoms. The number of piperidine rings is 1. The molecule has 2 aliphatic rings. The first kappa shape index (κ1) is 21.7. The number of piperazine rings is 1. The number of carbonyl (C=O) groups is 1. The Balaban J connectivity index is 1.06. The molecule has 5 heterocycles. The number of thiophene rings is 1. The van der Waals surface area contributed by atoms with Gasteiger partial charge in [-0.3, -0.25) is 14.6 Å². The van der Waals surface area contributed by atoms with Crippen LogP contribution in [-0.2, 0) is 17.9 Å². The molecule has 8 nitrogen and oxygen atoms in total. The van der Waals surface area contributed by atoms with E-state index in [0.717, 1.165) is 74.2 Å². The average Bonchev–Trinajstić information content (AvgIpc) is 3.57. The molecule has 170 valence electrons. The Kier molecular flexibility index (Phi) is 6.63. The van der Waals surface area contributed by atoms with Gasteiger partial charge < -0.3 is 9.42 Å². The summed E-state index contributed by atoms with van der Waals surface area (Å²) in [6.45, 7) is 8.72. The zero-order valence-electron chi connectivity index (χ0n) is 18.3. The molecule has 0 aliphatic carbocycles. The lowest BCUT2D eigenvalue weighted by atomic mass is 9.95. The van der Waals surface area contributed by atoms with E-state index in [4.69, 9.17) is 4.52 Å². The lowest BCUT2D eigenvalue weighted by Crippen LogP contribution is -2.51. The summed E-state index contributed by atoms with van der Waals surface area (Å²) in [6, 6.07) is 3.98. The highest BCUT2D eigenvalue weighted by Gasteiger charge is 2.31. The zero-order valence-corrected chi connectivity index (χ0v) is 19.9. The summed E-state index contributed by atoms with van der Waals surface area (Å²) >= 11 is 3.31. The number of nitrogens with zero attached hydrogens (tertiary/aromatic N) is 6. The minimum absolute atomic E-state index is 0.152. The Morgan fingerprint density at radius 2 is 1.84 bits per heavy atom. The Morgan fingerprint density at radius 1 is 1.06 bits per heavy atom. The number of likely N-dealkylation sites (tertiary alicyclic amines) is 1. The summed E-state index contributed by atoms with van der Waals surface area (Å²) in [6.07, 6.45) is 1.88. The first-order chi connectivity index (χ1) is 15.6. The second-order valence-corrected chi connectivity index (χ2v) is 10.5. The van der Waals surface area contributed by atoms with Crippen LogP contribution in [0.4, 0.5) is 0 Å². The van der Waals surface area contributed by atoms with Gasteiger partial charge in [-0.05, 0) is 44.3 Å². The minimum atomic E-state index is 0.152. The number of amides is 1. The molecule has 0 aromatic carbocycles. The lowest BCUT2D eigenvalue weighted by Gasteiger charge is -2.38. The molecule has 2 fully saturated rings. The van der Waals surface area contributed by atoms with Crippen LogP contribution in [-0.4, -0.2) is 75.0 Å². The largest absolute Gasteiger partial charge is 0.340 e. The van der Waals surface area contributed by atoms with Gasteiger partial charge in [-0.25, -0.2) is 4.98 Å². The van der Waals surface area contributed by atoms with Crippen molar-refractivity contribution in [2.75, 3.05) is 39.3 Å². The second kappa shape index (κ2) is 9.78. The third kappa shape index (κ3) is 5.09. The molecule has 1 amide bonds. The predicted molar refractivity (Wildman–Crippen MR) is 124 cm³/mol. The number of rotatable bonds is 6. The highest BCUT2D eigenvalue weighted by atomic mass is 32.1. The Hall–Kier alpha value is -2.14. The number of hydrogen-bond acceptors (Lipinski definition) is 9. The molecule has 32 heavy (non-hydrogen) atoms. The zero-order chi connectivity index (χ0) is 21.9. The molecule has 2 aliphatic heterocycles. The van der Waals surface area contributed by atoms with Gasteiger partial charge in [0.05, 0.1) is 22.1 Å². The van der Waals surface area contributed by atoms with E-state index in [0.29, 0.717) is 24.2 Å². The Bertz CT molecular complexity index is 1020. The van der Waals surface area contributed by atoms with E-state index in [-0.39, 0.29) is 5.92 Å². The van der Waals surface area contributed by atoms with Crippen molar-refractivity contribution in [3.05, 3.63) is 39.5 Å². The molecule has 10 heteroatoms. The standard InChI is InChI=1S/C22H28N6O2S2/c1-16-23-18(15-32-16)13-26-6-4-17(5-7-26)22(29)28-10-8-27(9-11-28)14-20-24-21(25-30-20)19-3-2-12-31-19/h2-3,12,15,17H,4-11,13-14H2,1H3. The molecule has 0 unspecified atom stereocenters. The van der Waals surface area contributed by atoms with E-state index >= 15 is 0 Å². The summed E-state index contributed by atoms with van der Waals surface area (Å²) in [5, 5.41) is 9.35. The number of aryl methyl sites for hydroxylation is 1. The monoisotopic (exact) mass is 472 g/mol. The first-order valence-electron chi connectivity index (χ1n) is 11.1. The molecule has 0 spiro atoms. The van der Waals surface area contributed by atoms with E-state index < -0.39 is 0 Å². The highest BCUT2D eigenvalue weighted by molar-refractivity contribution is 7.13. The number of carbonyl (C=O) groups excluding carboxylic acids is 1. The predicted octanol–water partition coefficient (Wildman–Crippen LogP) is 3.12. The minimum Gasteiger partial charge on any atom is -0.340 e. The van der Waals surface area contributed by atoms with E-state index in [1.165, 1.54) is 0 Å². The fourth-order valence-electron chi connectivity index (χ4n) is 4.45. The highest BCUT2D eigenvalue weighted by Crippen LogP contribution is 2.24. The average molecular weight is 473 g/mol. The van der Waals surface area contributed by atoms with Gasteiger partial charge in [-0.2, -0.15) is 4.98 Å². The molecule has 0 radical (unpaired) electrons.